The summed E-state index contributed by atoms with van der Waals surface area (Å²) in [4.78, 5) is 35.0. The van der Waals surface area contributed by atoms with Crippen molar-refractivity contribution in [3.8, 4) is 16.9 Å². The maximum atomic E-state index is 12.4. The minimum Gasteiger partial charge on any atom is -0.477 e. The number of fused-ring (bicyclic) bond motifs is 1. The van der Waals surface area contributed by atoms with Crippen molar-refractivity contribution in [3.63, 3.8) is 0 Å². The molecular formula is C23H15ClN2O6. The Kier molecular flexibility index (Phi) is 5.87. The zero-order chi connectivity index (χ0) is 22.7. The number of nitrogens with zero attached hydrogens (tertiary/aromatic N) is 1. The zero-order valence-electron chi connectivity index (χ0n) is 16.4. The van der Waals surface area contributed by atoms with E-state index in [4.69, 9.17) is 20.8 Å². The summed E-state index contributed by atoms with van der Waals surface area (Å²) < 4.78 is 10.6. The Morgan fingerprint density at radius 3 is 2.56 bits per heavy atom. The molecule has 1 heterocycles. The molecule has 0 radical (unpaired) electrons. The third-order valence-corrected chi connectivity index (χ3v) is 4.92. The summed E-state index contributed by atoms with van der Waals surface area (Å²) in [6, 6.07) is 19.3. The monoisotopic (exact) mass is 450 g/mol. The van der Waals surface area contributed by atoms with Crippen LogP contribution in [0.1, 0.15) is 0 Å². The lowest BCUT2D eigenvalue weighted by Crippen LogP contribution is -2.20. The smallest absolute Gasteiger partial charge is 0.344 e. The molecule has 1 aromatic heterocycles. The van der Waals surface area contributed by atoms with E-state index in [2.05, 4.69) is 5.32 Å². The van der Waals surface area contributed by atoms with Gasteiger partial charge in [0.1, 0.15) is 5.58 Å². The van der Waals surface area contributed by atoms with Crippen LogP contribution in [0.2, 0.25) is 5.02 Å². The molecule has 3 aromatic carbocycles. The lowest BCUT2D eigenvalue weighted by molar-refractivity contribution is -0.385. The quantitative estimate of drug-likeness (QED) is 0.250. The third-order valence-electron chi connectivity index (χ3n) is 4.61. The van der Waals surface area contributed by atoms with Crippen molar-refractivity contribution in [1.29, 1.82) is 0 Å². The van der Waals surface area contributed by atoms with Crippen molar-refractivity contribution >= 4 is 39.9 Å². The number of carbonyl (C=O) groups excluding carboxylic acids is 1. The summed E-state index contributed by atoms with van der Waals surface area (Å²) in [5, 5.41) is 14.6. The Hall–Kier alpha value is -4.17. The number of amides is 1. The number of nitrogens with one attached hydrogen (secondary N) is 1. The first-order valence-corrected chi connectivity index (χ1v) is 9.79. The number of para-hydroxylation sites is 3. The highest BCUT2D eigenvalue weighted by Crippen LogP contribution is 2.30. The van der Waals surface area contributed by atoms with Crippen LogP contribution < -0.4 is 15.7 Å². The second-order valence-corrected chi connectivity index (χ2v) is 7.15. The number of hydrogen-bond donors (Lipinski definition) is 1. The largest absolute Gasteiger partial charge is 0.477 e. The molecule has 0 bridgehead atoms. The van der Waals surface area contributed by atoms with Gasteiger partial charge in [0, 0.05) is 22.7 Å². The van der Waals surface area contributed by atoms with Crippen LogP contribution in [0, 0.1) is 10.1 Å². The van der Waals surface area contributed by atoms with Gasteiger partial charge in [0.25, 0.3) is 5.91 Å². The molecule has 0 saturated carbocycles. The topological polar surface area (TPSA) is 112 Å². The molecule has 0 aliphatic heterocycles. The van der Waals surface area contributed by atoms with Gasteiger partial charge in [-0.15, -0.1) is 0 Å². The molecule has 160 valence electrons. The van der Waals surface area contributed by atoms with E-state index in [0.29, 0.717) is 22.4 Å². The second-order valence-electron chi connectivity index (χ2n) is 6.74. The molecular weight excluding hydrogens is 436 g/mol. The van der Waals surface area contributed by atoms with Crippen molar-refractivity contribution in [2.75, 3.05) is 11.9 Å². The van der Waals surface area contributed by atoms with Crippen LogP contribution in [0.4, 0.5) is 11.4 Å². The molecule has 9 heteroatoms. The van der Waals surface area contributed by atoms with Crippen LogP contribution >= 0.6 is 11.6 Å². The predicted molar refractivity (Wildman–Crippen MR) is 120 cm³/mol. The van der Waals surface area contributed by atoms with Gasteiger partial charge in [-0.3, -0.25) is 14.9 Å². The van der Waals surface area contributed by atoms with Gasteiger partial charge in [0.05, 0.1) is 15.5 Å². The molecule has 0 unspecified atom stereocenters. The van der Waals surface area contributed by atoms with Crippen molar-refractivity contribution in [2.45, 2.75) is 0 Å². The highest BCUT2D eigenvalue weighted by atomic mass is 35.5. The van der Waals surface area contributed by atoms with E-state index < -0.39 is 23.1 Å². The minimum absolute atomic E-state index is 0.0101. The average Bonchev–Trinajstić information content (AvgIpc) is 2.78. The van der Waals surface area contributed by atoms with Crippen LogP contribution in [-0.4, -0.2) is 17.4 Å². The van der Waals surface area contributed by atoms with Gasteiger partial charge in [-0.1, -0.05) is 48.0 Å². The molecule has 1 amide bonds. The molecule has 32 heavy (non-hydrogen) atoms. The van der Waals surface area contributed by atoms with Crippen molar-refractivity contribution < 1.29 is 18.9 Å². The first-order valence-electron chi connectivity index (χ1n) is 9.41. The number of anilines is 1. The first-order chi connectivity index (χ1) is 15.4. The van der Waals surface area contributed by atoms with Gasteiger partial charge in [0.2, 0.25) is 0 Å². The summed E-state index contributed by atoms with van der Waals surface area (Å²) in [7, 11) is 0. The SMILES string of the molecule is O=C(COc1ccccc1[N+](=O)[O-])Nc1ccc(-c2cc3ccccc3oc2=O)c(Cl)c1. The van der Waals surface area contributed by atoms with E-state index in [1.54, 1.807) is 36.4 Å². The number of ether oxygens (including phenoxy) is 1. The van der Waals surface area contributed by atoms with Gasteiger partial charge in [-0.2, -0.15) is 0 Å². The van der Waals surface area contributed by atoms with Gasteiger partial charge >= 0.3 is 11.3 Å². The lowest BCUT2D eigenvalue weighted by atomic mass is 10.1. The minimum atomic E-state index is -0.588. The summed E-state index contributed by atoms with van der Waals surface area (Å²) in [6.07, 6.45) is 0. The Morgan fingerprint density at radius 1 is 1.03 bits per heavy atom. The van der Waals surface area contributed by atoms with E-state index in [0.717, 1.165) is 5.39 Å². The second kappa shape index (κ2) is 8.91. The van der Waals surface area contributed by atoms with Gasteiger partial charge in [-0.05, 0) is 30.3 Å². The summed E-state index contributed by atoms with van der Waals surface area (Å²) in [5.74, 6) is -0.541. The fourth-order valence-electron chi connectivity index (χ4n) is 3.13. The number of carbonyl (C=O) groups is 1. The van der Waals surface area contributed by atoms with Gasteiger partial charge in [-0.25, -0.2) is 4.79 Å². The molecule has 4 rings (SSSR count). The van der Waals surface area contributed by atoms with E-state index in [-0.39, 0.29) is 16.5 Å². The Morgan fingerprint density at radius 2 is 1.78 bits per heavy atom. The summed E-state index contributed by atoms with van der Waals surface area (Å²) in [6.45, 7) is -0.432. The van der Waals surface area contributed by atoms with E-state index in [1.165, 1.54) is 24.3 Å². The lowest BCUT2D eigenvalue weighted by Gasteiger charge is -2.10. The maximum Gasteiger partial charge on any atom is 0.344 e. The number of hydrogen-bond acceptors (Lipinski definition) is 6. The number of halogens is 1. The number of benzene rings is 3. The summed E-state index contributed by atoms with van der Waals surface area (Å²) in [5.41, 5.74) is 0.841. The molecule has 4 aromatic rings. The van der Waals surface area contributed by atoms with Crippen LogP contribution in [0.5, 0.6) is 5.75 Å². The number of nitro benzene ring substituents is 1. The molecule has 8 nitrogen and oxygen atoms in total. The van der Waals surface area contributed by atoms with E-state index in [1.807, 2.05) is 12.1 Å². The predicted octanol–water partition coefficient (Wildman–Crippen LogP) is 5.04. The maximum absolute atomic E-state index is 12.4. The molecule has 1 N–H and O–H groups in total. The molecule has 0 saturated heterocycles. The molecule has 0 atom stereocenters. The Labute approximate surface area is 186 Å². The van der Waals surface area contributed by atoms with Crippen LogP contribution in [-0.2, 0) is 4.79 Å². The van der Waals surface area contributed by atoms with E-state index in [9.17, 15) is 19.7 Å². The molecule has 0 spiro atoms. The van der Waals surface area contributed by atoms with Crippen molar-refractivity contribution in [1.82, 2.24) is 0 Å². The molecule has 0 aliphatic rings. The summed E-state index contributed by atoms with van der Waals surface area (Å²) >= 11 is 6.36. The van der Waals surface area contributed by atoms with Crippen molar-refractivity contribution in [3.05, 3.63) is 98.4 Å². The standard InChI is InChI=1S/C23H15ClN2O6/c24-18-12-15(25-22(27)13-31-21-8-4-2-6-19(21)26(29)30)9-10-16(18)17-11-14-5-1-3-7-20(14)32-23(17)28/h1-12H,13H2,(H,25,27). The van der Waals surface area contributed by atoms with Crippen molar-refractivity contribution in [2.24, 2.45) is 0 Å². The van der Waals surface area contributed by atoms with Gasteiger partial charge in [0.15, 0.2) is 12.4 Å². The highest BCUT2D eigenvalue weighted by Gasteiger charge is 2.16. The highest BCUT2D eigenvalue weighted by molar-refractivity contribution is 6.33. The third kappa shape index (κ3) is 4.45. The van der Waals surface area contributed by atoms with Crippen LogP contribution in [0.25, 0.3) is 22.1 Å². The average molecular weight is 451 g/mol. The molecule has 0 aliphatic carbocycles. The zero-order valence-corrected chi connectivity index (χ0v) is 17.2. The van der Waals surface area contributed by atoms with E-state index >= 15 is 0 Å². The molecule has 0 fully saturated rings. The number of nitro groups is 1. The Balaban J connectivity index is 1.49. The van der Waals surface area contributed by atoms with Gasteiger partial charge < -0.3 is 14.5 Å². The fraction of sp³-hybridized carbons (Fsp3) is 0.0435. The van der Waals surface area contributed by atoms with Crippen LogP contribution in [0.3, 0.4) is 0 Å². The first kappa shape index (κ1) is 21.1. The fourth-order valence-corrected chi connectivity index (χ4v) is 3.41. The number of rotatable bonds is 6. The normalized spacial score (nSPS) is 10.7. The van der Waals surface area contributed by atoms with Crippen LogP contribution in [0.15, 0.2) is 82.0 Å². The Bertz CT molecular complexity index is 1400.